The molecule has 0 bridgehead atoms. The lowest BCUT2D eigenvalue weighted by molar-refractivity contribution is -0.384. The third kappa shape index (κ3) is 4.51. The molecule has 0 heterocycles. The zero-order valence-corrected chi connectivity index (χ0v) is 12.7. The first-order valence-electron chi connectivity index (χ1n) is 6.40. The summed E-state index contributed by atoms with van der Waals surface area (Å²) in [5.74, 6) is 0.108. The van der Waals surface area contributed by atoms with Crippen molar-refractivity contribution in [2.24, 2.45) is 5.92 Å². The van der Waals surface area contributed by atoms with Gasteiger partial charge in [0.05, 0.1) is 15.9 Å². The van der Waals surface area contributed by atoms with Crippen LogP contribution < -0.4 is 0 Å². The average Bonchev–Trinajstić information content (AvgIpc) is 2.43. The smallest absolute Gasteiger partial charge is 0.258 e. The van der Waals surface area contributed by atoms with Crippen molar-refractivity contribution in [1.29, 1.82) is 5.26 Å². The number of hydrogen-bond acceptors (Lipinski definition) is 5. The number of non-ortho nitro benzene ring substituents is 1. The molecule has 1 aromatic rings. The molecule has 0 saturated heterocycles. The number of hydrogen-bond donors (Lipinski definition) is 0. The maximum atomic E-state index is 12.5. The van der Waals surface area contributed by atoms with Crippen LogP contribution in [0.2, 0.25) is 0 Å². The van der Waals surface area contributed by atoms with Crippen molar-refractivity contribution in [3.8, 4) is 6.07 Å². The van der Waals surface area contributed by atoms with Crippen molar-refractivity contribution in [2.75, 3.05) is 13.1 Å². The van der Waals surface area contributed by atoms with Gasteiger partial charge in [0.25, 0.3) is 5.69 Å². The van der Waals surface area contributed by atoms with Crippen molar-refractivity contribution in [3.05, 3.63) is 34.4 Å². The van der Waals surface area contributed by atoms with Gasteiger partial charge in [-0.2, -0.15) is 9.57 Å². The Bertz CT molecular complexity index is 632. The first-order valence-corrected chi connectivity index (χ1v) is 7.84. The number of nitrogens with zero attached hydrogens (tertiary/aromatic N) is 3. The summed E-state index contributed by atoms with van der Waals surface area (Å²) < 4.78 is 26.2. The van der Waals surface area contributed by atoms with Gasteiger partial charge >= 0.3 is 0 Å². The standard InChI is InChI=1S/C13H17N3O4S/c1-11(2)10-15(9-3-8-14)21(19,20)13-6-4-12(5-7-13)16(17)18/h4-7,11H,3,9-10H2,1-2H3. The Kier molecular flexibility index (Phi) is 5.81. The van der Waals surface area contributed by atoms with E-state index >= 15 is 0 Å². The number of nitro groups is 1. The van der Waals surface area contributed by atoms with E-state index in [-0.39, 0.29) is 29.5 Å². The van der Waals surface area contributed by atoms with Crippen LogP contribution in [0.1, 0.15) is 20.3 Å². The summed E-state index contributed by atoms with van der Waals surface area (Å²) in [4.78, 5) is 10.00. The van der Waals surface area contributed by atoms with Crippen LogP contribution in [0.3, 0.4) is 0 Å². The molecular formula is C13H17N3O4S. The number of sulfonamides is 1. The normalized spacial score (nSPS) is 11.6. The lowest BCUT2D eigenvalue weighted by Crippen LogP contribution is -2.35. The molecule has 0 N–H and O–H groups in total. The van der Waals surface area contributed by atoms with E-state index < -0.39 is 14.9 Å². The molecule has 0 aliphatic carbocycles. The van der Waals surface area contributed by atoms with E-state index in [2.05, 4.69) is 0 Å². The quantitative estimate of drug-likeness (QED) is 0.567. The first kappa shape index (κ1) is 17.1. The zero-order valence-electron chi connectivity index (χ0n) is 11.9. The number of nitro benzene ring substituents is 1. The SMILES string of the molecule is CC(C)CN(CCC#N)S(=O)(=O)c1ccc([N+](=O)[O-])cc1. The van der Waals surface area contributed by atoms with Crippen LogP contribution in [0.25, 0.3) is 0 Å². The van der Waals surface area contributed by atoms with E-state index in [9.17, 15) is 18.5 Å². The molecule has 0 fully saturated rings. The molecule has 1 aromatic carbocycles. The summed E-state index contributed by atoms with van der Waals surface area (Å²) in [7, 11) is -3.75. The highest BCUT2D eigenvalue weighted by Crippen LogP contribution is 2.20. The van der Waals surface area contributed by atoms with Crippen LogP contribution in [0, 0.1) is 27.4 Å². The predicted molar refractivity (Wildman–Crippen MR) is 76.9 cm³/mol. The van der Waals surface area contributed by atoms with Crippen LogP contribution in [0.5, 0.6) is 0 Å². The molecule has 8 heteroatoms. The second-order valence-corrected chi connectivity index (χ2v) is 6.85. The van der Waals surface area contributed by atoms with E-state index in [0.717, 1.165) is 12.1 Å². The van der Waals surface area contributed by atoms with Crippen LogP contribution in [0.15, 0.2) is 29.2 Å². The van der Waals surface area contributed by atoms with E-state index in [0.29, 0.717) is 6.54 Å². The molecular weight excluding hydrogens is 294 g/mol. The second kappa shape index (κ2) is 7.15. The molecule has 1 rings (SSSR count). The highest BCUT2D eigenvalue weighted by Gasteiger charge is 2.25. The van der Waals surface area contributed by atoms with Crippen molar-refractivity contribution < 1.29 is 13.3 Å². The van der Waals surface area contributed by atoms with Gasteiger partial charge in [-0.15, -0.1) is 0 Å². The van der Waals surface area contributed by atoms with Gasteiger partial charge in [0.1, 0.15) is 0 Å². The Balaban J connectivity index is 3.09. The van der Waals surface area contributed by atoms with E-state index in [4.69, 9.17) is 5.26 Å². The molecule has 114 valence electrons. The summed E-state index contributed by atoms with van der Waals surface area (Å²) in [6.45, 7) is 4.16. The predicted octanol–water partition coefficient (Wildman–Crippen LogP) is 2.16. The lowest BCUT2D eigenvalue weighted by atomic mass is 10.2. The highest BCUT2D eigenvalue weighted by molar-refractivity contribution is 7.89. The van der Waals surface area contributed by atoms with Crippen molar-refractivity contribution in [3.63, 3.8) is 0 Å². The number of rotatable bonds is 7. The van der Waals surface area contributed by atoms with Crippen LogP contribution in [-0.2, 0) is 10.0 Å². The van der Waals surface area contributed by atoms with Crippen LogP contribution >= 0.6 is 0 Å². The molecule has 0 spiro atoms. The molecule has 0 aliphatic rings. The monoisotopic (exact) mass is 311 g/mol. The Hall–Kier alpha value is -1.98. The Morgan fingerprint density at radius 3 is 2.33 bits per heavy atom. The maximum Gasteiger partial charge on any atom is 0.269 e. The fourth-order valence-electron chi connectivity index (χ4n) is 1.78. The zero-order chi connectivity index (χ0) is 16.0. The molecule has 0 saturated carbocycles. The van der Waals surface area contributed by atoms with E-state index in [1.807, 2.05) is 19.9 Å². The van der Waals surface area contributed by atoms with Gasteiger partial charge in [-0.05, 0) is 18.1 Å². The topological polar surface area (TPSA) is 104 Å². The maximum absolute atomic E-state index is 12.5. The average molecular weight is 311 g/mol. The van der Waals surface area contributed by atoms with Crippen LogP contribution in [-0.4, -0.2) is 30.7 Å². The van der Waals surface area contributed by atoms with Gasteiger partial charge in [0.15, 0.2) is 0 Å². The first-order chi connectivity index (χ1) is 9.78. The number of nitriles is 1. The minimum atomic E-state index is -3.75. The summed E-state index contributed by atoms with van der Waals surface area (Å²) in [5, 5.41) is 19.2. The van der Waals surface area contributed by atoms with Gasteiger partial charge in [-0.3, -0.25) is 10.1 Å². The Morgan fingerprint density at radius 1 is 1.33 bits per heavy atom. The molecule has 21 heavy (non-hydrogen) atoms. The van der Waals surface area contributed by atoms with Gasteiger partial charge in [-0.1, -0.05) is 13.8 Å². The molecule has 7 nitrogen and oxygen atoms in total. The summed E-state index contributed by atoms with van der Waals surface area (Å²) in [5.41, 5.74) is -0.165. The van der Waals surface area contributed by atoms with Gasteiger partial charge in [0.2, 0.25) is 10.0 Å². The third-order valence-electron chi connectivity index (χ3n) is 2.73. The fourth-order valence-corrected chi connectivity index (χ4v) is 3.38. The molecule has 0 aromatic heterocycles. The van der Waals surface area contributed by atoms with Crippen molar-refractivity contribution in [1.82, 2.24) is 4.31 Å². The van der Waals surface area contributed by atoms with E-state index in [1.165, 1.54) is 16.4 Å². The van der Waals surface area contributed by atoms with Gasteiger partial charge in [-0.25, -0.2) is 8.42 Å². The molecule has 0 atom stereocenters. The molecule has 0 radical (unpaired) electrons. The summed E-state index contributed by atoms with van der Waals surface area (Å²) >= 11 is 0. The lowest BCUT2D eigenvalue weighted by Gasteiger charge is -2.22. The molecule has 0 unspecified atom stereocenters. The molecule has 0 aliphatic heterocycles. The molecule has 0 amide bonds. The van der Waals surface area contributed by atoms with Crippen LogP contribution in [0.4, 0.5) is 5.69 Å². The minimum Gasteiger partial charge on any atom is -0.258 e. The van der Waals surface area contributed by atoms with Gasteiger partial charge in [0, 0.05) is 31.6 Å². The van der Waals surface area contributed by atoms with E-state index in [1.54, 1.807) is 0 Å². The van der Waals surface area contributed by atoms with Gasteiger partial charge < -0.3 is 0 Å². The summed E-state index contributed by atoms with van der Waals surface area (Å²) in [6.07, 6.45) is 0.0962. The second-order valence-electron chi connectivity index (χ2n) is 4.92. The largest absolute Gasteiger partial charge is 0.269 e. The van der Waals surface area contributed by atoms with Crippen molar-refractivity contribution in [2.45, 2.75) is 25.2 Å². The highest BCUT2D eigenvalue weighted by atomic mass is 32.2. The third-order valence-corrected chi connectivity index (χ3v) is 4.61. The fraction of sp³-hybridized carbons (Fsp3) is 0.462. The Labute approximate surface area is 124 Å². The Morgan fingerprint density at radius 2 is 1.90 bits per heavy atom. The minimum absolute atomic E-state index is 0.00769. The summed E-state index contributed by atoms with van der Waals surface area (Å²) in [6, 6.07) is 6.67. The number of benzene rings is 1. The van der Waals surface area contributed by atoms with Crippen molar-refractivity contribution >= 4 is 15.7 Å².